The van der Waals surface area contributed by atoms with Crippen molar-refractivity contribution in [3.8, 4) is 11.3 Å². The van der Waals surface area contributed by atoms with Gasteiger partial charge in [0.2, 0.25) is 0 Å². The highest BCUT2D eigenvalue weighted by atomic mass is 16.5. The van der Waals surface area contributed by atoms with Crippen LogP contribution < -0.4 is 5.32 Å². The van der Waals surface area contributed by atoms with Gasteiger partial charge in [-0.25, -0.2) is 0 Å². The fourth-order valence-corrected chi connectivity index (χ4v) is 3.97. The Balaban J connectivity index is 1.46. The van der Waals surface area contributed by atoms with Crippen LogP contribution in [0.15, 0.2) is 59.1 Å². The van der Waals surface area contributed by atoms with E-state index >= 15 is 0 Å². The second-order valence-electron chi connectivity index (χ2n) is 8.64. The first kappa shape index (κ1) is 22.2. The third-order valence-electron chi connectivity index (χ3n) is 6.01. The maximum atomic E-state index is 12.8. The molecule has 0 bridgehead atoms. The summed E-state index contributed by atoms with van der Waals surface area (Å²) in [6, 6.07) is 18.4. The van der Waals surface area contributed by atoms with Gasteiger partial charge in [0.25, 0.3) is 5.91 Å². The van der Waals surface area contributed by atoms with Crippen LogP contribution in [0.3, 0.4) is 0 Å². The molecule has 0 radical (unpaired) electrons. The number of ether oxygens (including phenoxy) is 1. The van der Waals surface area contributed by atoms with Crippen molar-refractivity contribution in [1.29, 1.82) is 0 Å². The summed E-state index contributed by atoms with van der Waals surface area (Å²) < 4.78 is 10.9. The normalized spacial score (nSPS) is 15.6. The van der Waals surface area contributed by atoms with E-state index in [-0.39, 0.29) is 17.6 Å². The molecule has 168 valence electrons. The highest BCUT2D eigenvalue weighted by Gasteiger charge is 2.24. The van der Waals surface area contributed by atoms with Gasteiger partial charge in [-0.15, -0.1) is 0 Å². The van der Waals surface area contributed by atoms with E-state index in [9.17, 15) is 4.79 Å². The van der Waals surface area contributed by atoms with Crippen molar-refractivity contribution < 1.29 is 14.1 Å². The van der Waals surface area contributed by atoms with E-state index in [2.05, 4.69) is 53.5 Å². The lowest BCUT2D eigenvalue weighted by Gasteiger charge is -2.35. The van der Waals surface area contributed by atoms with Gasteiger partial charge in [0.15, 0.2) is 11.5 Å². The van der Waals surface area contributed by atoms with Crippen molar-refractivity contribution in [3.05, 3.63) is 77.0 Å². The quantitative estimate of drug-likeness (QED) is 0.591. The monoisotopic (exact) mass is 433 g/mol. The fourth-order valence-electron chi connectivity index (χ4n) is 3.97. The molecule has 0 aliphatic carbocycles. The molecule has 4 rings (SSSR count). The van der Waals surface area contributed by atoms with Crippen molar-refractivity contribution in [1.82, 2.24) is 15.4 Å². The van der Waals surface area contributed by atoms with Crippen molar-refractivity contribution in [2.24, 2.45) is 0 Å². The standard InChI is InChI=1S/C26H31N3O3/c1-18(2)20-8-10-21(11-9-20)24(29-12-14-31-15-13-29)17-27-26(30)23-16-25(32-28-23)22-6-4-19(3)5-7-22/h4-11,16,18,24H,12-15,17H2,1-3H3,(H,27,30)/t24-/m0/s1. The molecule has 3 aromatic rings. The van der Waals surface area contributed by atoms with Crippen LogP contribution in [-0.2, 0) is 4.74 Å². The molecule has 1 aromatic heterocycles. The van der Waals surface area contributed by atoms with Crippen molar-refractivity contribution in [2.45, 2.75) is 32.7 Å². The van der Waals surface area contributed by atoms with Crippen LogP contribution in [0.25, 0.3) is 11.3 Å². The Labute approximate surface area is 189 Å². The van der Waals surface area contributed by atoms with Crippen molar-refractivity contribution in [3.63, 3.8) is 0 Å². The van der Waals surface area contributed by atoms with Gasteiger partial charge in [0.05, 0.1) is 19.3 Å². The van der Waals surface area contributed by atoms with E-state index in [1.165, 1.54) is 16.7 Å². The minimum absolute atomic E-state index is 0.0764. The molecule has 1 saturated heterocycles. The topological polar surface area (TPSA) is 67.6 Å². The Hall–Kier alpha value is -2.96. The second kappa shape index (κ2) is 10.1. The van der Waals surface area contributed by atoms with Crippen LogP contribution in [0.2, 0.25) is 0 Å². The zero-order chi connectivity index (χ0) is 22.5. The fraction of sp³-hybridized carbons (Fsp3) is 0.385. The number of carbonyl (C=O) groups excluding carboxylic acids is 1. The molecule has 1 fully saturated rings. The Kier molecular flexibility index (Phi) is 7.02. The molecule has 0 saturated carbocycles. The summed E-state index contributed by atoms with van der Waals surface area (Å²) in [6.45, 7) is 10.0. The van der Waals surface area contributed by atoms with Gasteiger partial charge < -0.3 is 14.6 Å². The summed E-state index contributed by atoms with van der Waals surface area (Å²) in [7, 11) is 0. The van der Waals surface area contributed by atoms with Gasteiger partial charge in [-0.1, -0.05) is 73.1 Å². The number of hydrogen-bond donors (Lipinski definition) is 1. The zero-order valence-corrected chi connectivity index (χ0v) is 19.0. The number of morpholine rings is 1. The summed E-state index contributed by atoms with van der Waals surface area (Å²) >= 11 is 0. The van der Waals surface area contributed by atoms with Crippen molar-refractivity contribution in [2.75, 3.05) is 32.8 Å². The molecule has 1 atom stereocenters. The Morgan fingerprint density at radius 3 is 2.34 bits per heavy atom. The maximum absolute atomic E-state index is 12.8. The lowest BCUT2D eigenvalue weighted by molar-refractivity contribution is 0.0162. The van der Waals surface area contributed by atoms with E-state index in [4.69, 9.17) is 9.26 Å². The summed E-state index contributed by atoms with van der Waals surface area (Å²) in [5, 5.41) is 7.05. The summed E-state index contributed by atoms with van der Waals surface area (Å²) in [5.41, 5.74) is 4.86. The molecule has 2 heterocycles. The number of carbonyl (C=O) groups is 1. The van der Waals surface area contributed by atoms with E-state index in [0.29, 0.717) is 31.4 Å². The number of benzene rings is 2. The molecule has 32 heavy (non-hydrogen) atoms. The van der Waals surface area contributed by atoms with Crippen LogP contribution >= 0.6 is 0 Å². The smallest absolute Gasteiger partial charge is 0.273 e. The molecule has 0 spiro atoms. The van der Waals surface area contributed by atoms with E-state index in [0.717, 1.165) is 18.7 Å². The molecule has 6 heteroatoms. The number of nitrogens with zero attached hydrogens (tertiary/aromatic N) is 2. The van der Waals surface area contributed by atoms with Gasteiger partial charge in [-0.2, -0.15) is 0 Å². The van der Waals surface area contributed by atoms with Crippen LogP contribution in [0.4, 0.5) is 0 Å². The SMILES string of the molecule is Cc1ccc(-c2cc(C(=O)NC[C@@H](c3ccc(C(C)C)cc3)N3CCOCC3)no2)cc1. The molecular weight excluding hydrogens is 402 g/mol. The molecule has 1 N–H and O–H groups in total. The first-order valence-corrected chi connectivity index (χ1v) is 11.2. The highest BCUT2D eigenvalue weighted by Crippen LogP contribution is 2.25. The van der Waals surface area contributed by atoms with Crippen LogP contribution in [-0.4, -0.2) is 48.8 Å². The van der Waals surface area contributed by atoms with Gasteiger partial charge in [-0.05, 0) is 24.0 Å². The number of aromatic nitrogens is 1. The predicted molar refractivity (Wildman–Crippen MR) is 125 cm³/mol. The maximum Gasteiger partial charge on any atom is 0.273 e. The van der Waals surface area contributed by atoms with Gasteiger partial charge in [-0.3, -0.25) is 9.69 Å². The second-order valence-corrected chi connectivity index (χ2v) is 8.64. The largest absolute Gasteiger partial charge is 0.379 e. The highest BCUT2D eigenvalue weighted by molar-refractivity contribution is 5.93. The van der Waals surface area contributed by atoms with Crippen LogP contribution in [0.5, 0.6) is 0 Å². The minimum atomic E-state index is -0.232. The van der Waals surface area contributed by atoms with Gasteiger partial charge >= 0.3 is 0 Å². The number of nitrogens with one attached hydrogen (secondary N) is 1. The van der Waals surface area contributed by atoms with Crippen molar-refractivity contribution >= 4 is 5.91 Å². The lowest BCUT2D eigenvalue weighted by Crippen LogP contribution is -2.43. The average molecular weight is 434 g/mol. The van der Waals surface area contributed by atoms with Gasteiger partial charge in [0.1, 0.15) is 0 Å². The van der Waals surface area contributed by atoms with E-state index < -0.39 is 0 Å². The number of amides is 1. The average Bonchev–Trinajstić information content (AvgIpc) is 3.31. The summed E-state index contributed by atoms with van der Waals surface area (Å²) in [5.74, 6) is 0.841. The first-order chi connectivity index (χ1) is 15.5. The third kappa shape index (κ3) is 5.26. The molecule has 0 unspecified atom stereocenters. The van der Waals surface area contributed by atoms with E-state index in [1.54, 1.807) is 6.07 Å². The molecular formula is C26H31N3O3. The molecule has 6 nitrogen and oxygen atoms in total. The van der Waals surface area contributed by atoms with E-state index in [1.807, 2.05) is 31.2 Å². The van der Waals surface area contributed by atoms with Crippen LogP contribution in [0, 0.1) is 6.92 Å². The molecule has 2 aromatic carbocycles. The summed E-state index contributed by atoms with van der Waals surface area (Å²) in [4.78, 5) is 15.2. The first-order valence-electron chi connectivity index (χ1n) is 11.2. The molecule has 1 aliphatic rings. The Bertz CT molecular complexity index is 1020. The zero-order valence-electron chi connectivity index (χ0n) is 19.0. The van der Waals surface area contributed by atoms with Gasteiger partial charge in [0, 0.05) is 31.3 Å². The number of rotatable bonds is 7. The Morgan fingerprint density at radius 1 is 1.03 bits per heavy atom. The molecule has 1 amide bonds. The third-order valence-corrected chi connectivity index (χ3v) is 6.01. The Morgan fingerprint density at radius 2 is 1.69 bits per heavy atom. The summed E-state index contributed by atoms with van der Waals surface area (Å²) in [6.07, 6.45) is 0. The lowest BCUT2D eigenvalue weighted by atomic mass is 9.98. The molecule has 1 aliphatic heterocycles. The number of aryl methyl sites for hydroxylation is 1. The number of hydrogen-bond acceptors (Lipinski definition) is 5. The predicted octanol–water partition coefficient (Wildman–Crippen LogP) is 4.58. The van der Waals surface area contributed by atoms with Crippen LogP contribution in [0.1, 0.15) is 53.0 Å². The minimum Gasteiger partial charge on any atom is -0.379 e.